The zero-order chi connectivity index (χ0) is 42.5. The Kier molecular flexibility index (Phi) is 7.82. The molecule has 0 N–H and O–H groups in total. The van der Waals surface area contributed by atoms with Crippen LogP contribution in [0.3, 0.4) is 0 Å². The summed E-state index contributed by atoms with van der Waals surface area (Å²) in [6.07, 6.45) is 3.90. The van der Waals surface area contributed by atoms with Gasteiger partial charge in [0, 0.05) is 49.4 Å². The smallest absolute Gasteiger partial charge is 0.140 e. The molecule has 3 heteroatoms. The van der Waals surface area contributed by atoms with Crippen LogP contribution in [0.15, 0.2) is 224 Å². The van der Waals surface area contributed by atoms with E-state index >= 15 is 0 Å². The highest BCUT2D eigenvalue weighted by atomic mass is 16.3. The summed E-state index contributed by atoms with van der Waals surface area (Å²) in [5, 5.41) is 5.76. The van der Waals surface area contributed by atoms with Crippen molar-refractivity contribution in [3.8, 4) is 33.6 Å². The number of furan rings is 1. The van der Waals surface area contributed by atoms with E-state index in [9.17, 15) is 0 Å². The number of nitrogens with zero attached hydrogens (tertiary/aromatic N) is 2. The average Bonchev–Trinajstić information content (AvgIpc) is 4.09. The van der Waals surface area contributed by atoms with Crippen LogP contribution in [0.2, 0.25) is 0 Å². The van der Waals surface area contributed by atoms with Gasteiger partial charge in [0.1, 0.15) is 11.2 Å². The third kappa shape index (κ3) is 4.92. The number of hydrogen-bond donors (Lipinski definition) is 0. The maximum atomic E-state index is 6.93. The molecule has 13 rings (SSSR count). The molecule has 0 fully saturated rings. The van der Waals surface area contributed by atoms with Gasteiger partial charge in [0.2, 0.25) is 0 Å². The summed E-state index contributed by atoms with van der Waals surface area (Å²) in [6.45, 7) is 8.49. The Hall–Kier alpha value is -8.40. The van der Waals surface area contributed by atoms with Crippen molar-refractivity contribution in [2.24, 2.45) is 0 Å². The molecule has 12 aromatic rings. The molecule has 64 heavy (non-hydrogen) atoms. The van der Waals surface area contributed by atoms with Crippen LogP contribution in [-0.2, 0) is 5.41 Å². The van der Waals surface area contributed by atoms with Gasteiger partial charge in [0.05, 0.1) is 27.7 Å². The van der Waals surface area contributed by atoms with Gasteiger partial charge < -0.3 is 13.6 Å². The van der Waals surface area contributed by atoms with Gasteiger partial charge in [0.25, 0.3) is 0 Å². The van der Waals surface area contributed by atoms with Crippen molar-refractivity contribution >= 4 is 66.8 Å². The fourth-order valence-corrected chi connectivity index (χ4v) is 11.1. The van der Waals surface area contributed by atoms with Gasteiger partial charge in [0.15, 0.2) is 0 Å². The third-order valence-electron chi connectivity index (χ3n) is 13.8. The molecule has 9 aromatic carbocycles. The van der Waals surface area contributed by atoms with Crippen LogP contribution in [0.4, 0.5) is 0 Å². The lowest BCUT2D eigenvalue weighted by molar-refractivity contribution is 0.648. The minimum atomic E-state index is -0.672. The molecule has 3 heterocycles. The minimum absolute atomic E-state index is 0.672. The zero-order valence-electron chi connectivity index (χ0n) is 35.0. The highest BCUT2D eigenvalue weighted by Crippen LogP contribution is 2.58. The topological polar surface area (TPSA) is 23.0 Å². The summed E-state index contributed by atoms with van der Waals surface area (Å²) in [4.78, 5) is 0. The lowest BCUT2D eigenvalue weighted by Crippen LogP contribution is -2.28. The largest absolute Gasteiger partial charge is 0.456 e. The Morgan fingerprint density at radius 3 is 1.61 bits per heavy atom. The van der Waals surface area contributed by atoms with Crippen LogP contribution >= 0.6 is 0 Å². The van der Waals surface area contributed by atoms with E-state index in [4.69, 9.17) is 4.42 Å². The van der Waals surface area contributed by atoms with Crippen molar-refractivity contribution in [1.29, 1.82) is 0 Å². The van der Waals surface area contributed by atoms with E-state index in [0.717, 1.165) is 83.2 Å². The van der Waals surface area contributed by atoms with E-state index < -0.39 is 5.41 Å². The van der Waals surface area contributed by atoms with Crippen LogP contribution in [0.25, 0.3) is 100 Å². The standard InChI is InChI=1S/C61H40N2O/c1-3-44-49-36-39(30-33-56(49)62(55(44)4-2)42-18-7-5-8-19-42)40-31-34-57-50(37-40)51-38-41(32-35-58(51)63(57)43-20-9-6-10-21-43)61(52-26-14-11-22-45(52)46-23-12-15-27-53(46)61)54-28-17-25-48-47-24-13-16-29-59(47)64-60(48)54/h3-38H,1-2H2. The highest BCUT2D eigenvalue weighted by Gasteiger charge is 2.47. The molecular weight excluding hydrogens is 777 g/mol. The number of rotatable bonds is 7. The second-order valence-electron chi connectivity index (χ2n) is 16.9. The number of para-hydroxylation sites is 4. The van der Waals surface area contributed by atoms with E-state index in [0.29, 0.717) is 0 Å². The lowest BCUT2D eigenvalue weighted by atomic mass is 9.67. The molecule has 0 atom stereocenters. The third-order valence-corrected chi connectivity index (χ3v) is 13.8. The Bertz CT molecular complexity index is 3830. The summed E-state index contributed by atoms with van der Waals surface area (Å²) >= 11 is 0. The highest BCUT2D eigenvalue weighted by molar-refractivity contribution is 6.12. The fourth-order valence-electron chi connectivity index (χ4n) is 11.1. The molecule has 0 radical (unpaired) electrons. The summed E-state index contributed by atoms with van der Waals surface area (Å²) in [6, 6.07) is 75.2. The van der Waals surface area contributed by atoms with Crippen molar-refractivity contribution in [2.75, 3.05) is 0 Å². The first-order valence-electron chi connectivity index (χ1n) is 21.9. The second kappa shape index (κ2) is 13.8. The summed E-state index contributed by atoms with van der Waals surface area (Å²) in [5.74, 6) is 0. The Labute approximate surface area is 370 Å². The summed E-state index contributed by atoms with van der Waals surface area (Å²) in [7, 11) is 0. The van der Waals surface area contributed by atoms with Crippen molar-refractivity contribution in [1.82, 2.24) is 9.13 Å². The quantitative estimate of drug-likeness (QED) is 0.157. The van der Waals surface area contributed by atoms with E-state index in [-0.39, 0.29) is 0 Å². The Morgan fingerprint density at radius 1 is 0.406 bits per heavy atom. The van der Waals surface area contributed by atoms with Crippen LogP contribution in [0.1, 0.15) is 33.5 Å². The minimum Gasteiger partial charge on any atom is -0.456 e. The molecule has 1 aliphatic rings. The first kappa shape index (κ1) is 36.3. The zero-order valence-corrected chi connectivity index (χ0v) is 35.0. The Morgan fingerprint density at radius 2 is 0.938 bits per heavy atom. The number of fused-ring (bicyclic) bond motifs is 10. The summed E-state index contributed by atoms with van der Waals surface area (Å²) < 4.78 is 11.6. The fraction of sp³-hybridized carbons (Fsp3) is 0.0164. The van der Waals surface area contributed by atoms with Crippen molar-refractivity contribution < 1.29 is 4.42 Å². The normalized spacial score (nSPS) is 12.9. The lowest BCUT2D eigenvalue weighted by Gasteiger charge is -2.34. The molecule has 3 nitrogen and oxygen atoms in total. The predicted molar refractivity (Wildman–Crippen MR) is 268 cm³/mol. The van der Waals surface area contributed by atoms with Gasteiger partial charge in [-0.3, -0.25) is 0 Å². The Balaban J connectivity index is 1.10. The van der Waals surface area contributed by atoms with Gasteiger partial charge >= 0.3 is 0 Å². The molecular formula is C61H40N2O. The number of hydrogen-bond acceptors (Lipinski definition) is 1. The van der Waals surface area contributed by atoms with Crippen LogP contribution < -0.4 is 0 Å². The molecule has 0 bridgehead atoms. The van der Waals surface area contributed by atoms with Crippen molar-refractivity contribution in [3.05, 3.63) is 253 Å². The number of aromatic nitrogens is 2. The van der Waals surface area contributed by atoms with Gasteiger partial charge in [-0.05, 0) is 112 Å². The van der Waals surface area contributed by atoms with Crippen LogP contribution in [-0.4, -0.2) is 9.13 Å². The molecule has 0 aliphatic heterocycles. The van der Waals surface area contributed by atoms with Gasteiger partial charge in [-0.25, -0.2) is 0 Å². The molecule has 0 spiro atoms. The SMILES string of the molecule is C=Cc1c(C=C)n(-c2ccccc2)c2ccc(-c3ccc4c(c3)c3cc(C5(c6cccc7c6oc6ccccc67)c6ccccc6-c6ccccc65)ccc3n4-c3ccccc3)cc12. The molecule has 3 aromatic heterocycles. The van der Waals surface area contributed by atoms with E-state index in [1.807, 2.05) is 12.2 Å². The van der Waals surface area contributed by atoms with E-state index in [1.54, 1.807) is 0 Å². The molecule has 0 saturated carbocycles. The van der Waals surface area contributed by atoms with Crippen molar-refractivity contribution in [3.63, 3.8) is 0 Å². The van der Waals surface area contributed by atoms with Gasteiger partial charge in [-0.1, -0.05) is 159 Å². The number of benzene rings is 9. The summed E-state index contributed by atoms with van der Waals surface area (Å²) in [5.41, 5.74) is 18.5. The van der Waals surface area contributed by atoms with Crippen LogP contribution in [0, 0.1) is 0 Å². The molecule has 0 saturated heterocycles. The molecule has 300 valence electrons. The van der Waals surface area contributed by atoms with Gasteiger partial charge in [-0.2, -0.15) is 0 Å². The van der Waals surface area contributed by atoms with E-state index in [1.165, 1.54) is 38.6 Å². The van der Waals surface area contributed by atoms with Gasteiger partial charge in [-0.15, -0.1) is 0 Å². The van der Waals surface area contributed by atoms with E-state index in [2.05, 4.69) is 229 Å². The maximum absolute atomic E-state index is 6.93. The van der Waals surface area contributed by atoms with Crippen molar-refractivity contribution in [2.45, 2.75) is 5.41 Å². The predicted octanol–water partition coefficient (Wildman–Crippen LogP) is 15.9. The first-order chi connectivity index (χ1) is 31.7. The maximum Gasteiger partial charge on any atom is 0.140 e. The molecule has 1 aliphatic carbocycles. The monoisotopic (exact) mass is 816 g/mol. The first-order valence-corrected chi connectivity index (χ1v) is 21.9. The average molecular weight is 817 g/mol. The second-order valence-corrected chi connectivity index (χ2v) is 16.9. The van der Waals surface area contributed by atoms with Crippen LogP contribution in [0.5, 0.6) is 0 Å². The molecule has 0 unspecified atom stereocenters. The molecule has 0 amide bonds.